The molecule has 0 fully saturated rings. The molecule has 0 aliphatic heterocycles. The van der Waals surface area contributed by atoms with Crippen molar-refractivity contribution in [2.24, 2.45) is 0 Å². The topological polar surface area (TPSA) is 37.0 Å². The molecule has 0 bridgehead atoms. The maximum Gasteiger partial charge on any atom is 0.0591 e. The summed E-state index contributed by atoms with van der Waals surface area (Å²) in [6.07, 6.45) is 3.59. The Labute approximate surface area is 109 Å². The zero-order valence-corrected chi connectivity index (χ0v) is 11.4. The van der Waals surface area contributed by atoms with E-state index in [1.54, 1.807) is 12.4 Å². The monoisotopic (exact) mass is 291 g/mol. The van der Waals surface area contributed by atoms with Gasteiger partial charge in [0.2, 0.25) is 0 Å². The first-order valence-corrected chi connectivity index (χ1v) is 6.15. The van der Waals surface area contributed by atoms with Crippen LogP contribution in [0.5, 0.6) is 0 Å². The van der Waals surface area contributed by atoms with Gasteiger partial charge < -0.3 is 10.6 Å². The summed E-state index contributed by atoms with van der Waals surface area (Å²) in [7, 11) is 1.88. The second-order valence-corrected chi connectivity index (χ2v) is 4.57. The van der Waals surface area contributed by atoms with E-state index in [0.717, 1.165) is 21.5 Å². The van der Waals surface area contributed by atoms with Crippen LogP contribution in [0.1, 0.15) is 5.56 Å². The molecule has 17 heavy (non-hydrogen) atoms. The van der Waals surface area contributed by atoms with Crippen molar-refractivity contribution in [1.82, 2.24) is 4.98 Å². The standard InChI is InChI=1S/C13H14BrN3/c1-9-4-3-5-12(13(9)14)17-11-6-10(15-2)7-16-8-11/h3-8,15,17H,1-2H3. The average molecular weight is 292 g/mol. The molecule has 4 heteroatoms. The minimum atomic E-state index is 0.961. The van der Waals surface area contributed by atoms with Crippen LogP contribution in [-0.2, 0) is 0 Å². The maximum atomic E-state index is 4.16. The summed E-state index contributed by atoms with van der Waals surface area (Å²) < 4.78 is 1.08. The summed E-state index contributed by atoms with van der Waals surface area (Å²) in [4.78, 5) is 4.16. The summed E-state index contributed by atoms with van der Waals surface area (Å²) in [5.74, 6) is 0. The average Bonchev–Trinajstić information content (AvgIpc) is 2.35. The molecule has 0 saturated carbocycles. The van der Waals surface area contributed by atoms with E-state index in [9.17, 15) is 0 Å². The first-order chi connectivity index (χ1) is 8.20. The number of halogens is 1. The van der Waals surface area contributed by atoms with Gasteiger partial charge in [-0.25, -0.2) is 0 Å². The summed E-state index contributed by atoms with van der Waals surface area (Å²) in [6.45, 7) is 2.07. The first-order valence-electron chi connectivity index (χ1n) is 5.35. The minimum absolute atomic E-state index is 0.961. The molecule has 2 rings (SSSR count). The second kappa shape index (κ2) is 5.19. The Morgan fingerprint density at radius 2 is 1.94 bits per heavy atom. The quantitative estimate of drug-likeness (QED) is 0.899. The van der Waals surface area contributed by atoms with E-state index in [1.165, 1.54) is 5.56 Å². The van der Waals surface area contributed by atoms with E-state index in [4.69, 9.17) is 0 Å². The van der Waals surface area contributed by atoms with Crippen LogP contribution >= 0.6 is 15.9 Å². The normalized spacial score (nSPS) is 10.1. The van der Waals surface area contributed by atoms with E-state index in [0.29, 0.717) is 0 Å². The van der Waals surface area contributed by atoms with Crippen LogP contribution in [0.2, 0.25) is 0 Å². The number of nitrogens with one attached hydrogen (secondary N) is 2. The van der Waals surface area contributed by atoms with Gasteiger partial charge in [0.15, 0.2) is 0 Å². The van der Waals surface area contributed by atoms with Gasteiger partial charge in [0.05, 0.1) is 29.5 Å². The predicted molar refractivity (Wildman–Crippen MR) is 75.9 cm³/mol. The molecular weight excluding hydrogens is 278 g/mol. The van der Waals surface area contributed by atoms with Gasteiger partial charge in [-0.05, 0) is 40.5 Å². The number of anilines is 3. The van der Waals surface area contributed by atoms with Crippen LogP contribution < -0.4 is 10.6 Å². The van der Waals surface area contributed by atoms with Crippen molar-refractivity contribution in [3.8, 4) is 0 Å². The van der Waals surface area contributed by atoms with Crippen molar-refractivity contribution in [3.63, 3.8) is 0 Å². The van der Waals surface area contributed by atoms with Crippen LogP contribution in [0.3, 0.4) is 0 Å². The fourth-order valence-corrected chi connectivity index (χ4v) is 1.91. The third kappa shape index (κ3) is 2.77. The number of nitrogens with zero attached hydrogens (tertiary/aromatic N) is 1. The van der Waals surface area contributed by atoms with Crippen molar-refractivity contribution >= 4 is 33.0 Å². The number of benzene rings is 1. The van der Waals surface area contributed by atoms with Crippen LogP contribution in [0.15, 0.2) is 41.1 Å². The largest absolute Gasteiger partial charge is 0.387 e. The van der Waals surface area contributed by atoms with Gasteiger partial charge in [0, 0.05) is 11.5 Å². The van der Waals surface area contributed by atoms with E-state index in [-0.39, 0.29) is 0 Å². The molecular formula is C13H14BrN3. The third-order valence-corrected chi connectivity index (χ3v) is 3.55. The van der Waals surface area contributed by atoms with Gasteiger partial charge in [0.25, 0.3) is 0 Å². The Balaban J connectivity index is 2.28. The summed E-state index contributed by atoms with van der Waals surface area (Å²) in [5.41, 5.74) is 4.19. The van der Waals surface area contributed by atoms with Crippen LogP contribution in [0, 0.1) is 6.92 Å². The lowest BCUT2D eigenvalue weighted by Gasteiger charge is -2.10. The lowest BCUT2D eigenvalue weighted by atomic mass is 10.2. The Morgan fingerprint density at radius 3 is 2.71 bits per heavy atom. The van der Waals surface area contributed by atoms with Gasteiger partial charge in [-0.2, -0.15) is 0 Å². The fourth-order valence-electron chi connectivity index (χ4n) is 1.54. The van der Waals surface area contributed by atoms with E-state index < -0.39 is 0 Å². The molecule has 0 aliphatic rings. The minimum Gasteiger partial charge on any atom is -0.387 e. The van der Waals surface area contributed by atoms with Crippen molar-refractivity contribution < 1.29 is 0 Å². The molecule has 0 aliphatic carbocycles. The molecule has 1 aromatic carbocycles. The highest BCUT2D eigenvalue weighted by molar-refractivity contribution is 9.10. The second-order valence-electron chi connectivity index (χ2n) is 3.77. The lowest BCUT2D eigenvalue weighted by molar-refractivity contribution is 1.30. The Bertz CT molecular complexity index is 526. The molecule has 1 aromatic heterocycles. The number of hydrogen-bond acceptors (Lipinski definition) is 3. The van der Waals surface area contributed by atoms with Gasteiger partial charge in [0.1, 0.15) is 0 Å². The van der Waals surface area contributed by atoms with Crippen molar-refractivity contribution in [1.29, 1.82) is 0 Å². The smallest absolute Gasteiger partial charge is 0.0591 e. The molecule has 1 heterocycles. The van der Waals surface area contributed by atoms with Crippen LogP contribution in [0.25, 0.3) is 0 Å². The summed E-state index contributed by atoms with van der Waals surface area (Å²) in [6, 6.07) is 8.14. The lowest BCUT2D eigenvalue weighted by Crippen LogP contribution is -1.95. The molecule has 0 saturated heterocycles. The third-order valence-electron chi connectivity index (χ3n) is 2.50. The first kappa shape index (κ1) is 11.9. The van der Waals surface area contributed by atoms with E-state index in [2.05, 4.69) is 44.5 Å². The Kier molecular flexibility index (Phi) is 3.64. The molecule has 3 nitrogen and oxygen atoms in total. The highest BCUT2D eigenvalue weighted by Gasteiger charge is 2.03. The molecule has 0 spiro atoms. The van der Waals surface area contributed by atoms with Crippen LogP contribution in [-0.4, -0.2) is 12.0 Å². The van der Waals surface area contributed by atoms with Crippen molar-refractivity contribution in [2.75, 3.05) is 17.7 Å². The molecule has 0 radical (unpaired) electrons. The van der Waals surface area contributed by atoms with Crippen molar-refractivity contribution in [2.45, 2.75) is 6.92 Å². The number of rotatable bonds is 3. The van der Waals surface area contributed by atoms with Gasteiger partial charge in [-0.15, -0.1) is 0 Å². The Morgan fingerprint density at radius 1 is 1.18 bits per heavy atom. The number of hydrogen-bond donors (Lipinski definition) is 2. The molecule has 0 atom stereocenters. The van der Waals surface area contributed by atoms with Gasteiger partial charge in [-0.1, -0.05) is 12.1 Å². The highest BCUT2D eigenvalue weighted by Crippen LogP contribution is 2.28. The number of pyridine rings is 1. The summed E-state index contributed by atoms with van der Waals surface area (Å²) >= 11 is 3.57. The number of aromatic nitrogens is 1. The van der Waals surface area contributed by atoms with E-state index >= 15 is 0 Å². The Hall–Kier alpha value is -1.55. The highest BCUT2D eigenvalue weighted by atomic mass is 79.9. The maximum absolute atomic E-state index is 4.16. The molecule has 0 unspecified atom stereocenters. The van der Waals surface area contributed by atoms with Gasteiger partial charge >= 0.3 is 0 Å². The molecule has 2 aromatic rings. The van der Waals surface area contributed by atoms with Crippen LogP contribution in [0.4, 0.5) is 17.1 Å². The molecule has 88 valence electrons. The van der Waals surface area contributed by atoms with Crippen molar-refractivity contribution in [3.05, 3.63) is 46.7 Å². The summed E-state index contributed by atoms with van der Waals surface area (Å²) in [5, 5.41) is 6.40. The zero-order chi connectivity index (χ0) is 12.3. The van der Waals surface area contributed by atoms with E-state index in [1.807, 2.05) is 25.2 Å². The number of aryl methyl sites for hydroxylation is 1. The SMILES string of the molecule is CNc1cncc(Nc2cccc(C)c2Br)c1. The molecule has 2 N–H and O–H groups in total. The predicted octanol–water partition coefficient (Wildman–Crippen LogP) is 3.94. The molecule has 0 amide bonds. The fraction of sp³-hybridized carbons (Fsp3) is 0.154. The zero-order valence-electron chi connectivity index (χ0n) is 9.79. The van der Waals surface area contributed by atoms with Gasteiger partial charge in [-0.3, -0.25) is 4.98 Å².